The second-order valence-electron chi connectivity index (χ2n) is 4.84. The first-order chi connectivity index (χ1) is 7.39. The van der Waals surface area contributed by atoms with Gasteiger partial charge in [-0.05, 0) is 44.7 Å². The Bertz CT molecular complexity index is 412. The van der Waals surface area contributed by atoms with Crippen molar-refractivity contribution in [2.75, 3.05) is 5.32 Å². The number of hydrogen-bond acceptors (Lipinski definition) is 4. The summed E-state index contributed by atoms with van der Waals surface area (Å²) in [7, 11) is 0. The van der Waals surface area contributed by atoms with E-state index in [0.717, 1.165) is 29.8 Å². The molecule has 1 aromatic heterocycles. The Labute approximate surface area is 100 Å². The first-order valence-corrected chi connectivity index (χ1v) is 5.75. The molecule has 16 heavy (non-hydrogen) atoms. The molecule has 1 heterocycles. The van der Waals surface area contributed by atoms with E-state index in [0.29, 0.717) is 5.15 Å². The van der Waals surface area contributed by atoms with Crippen molar-refractivity contribution in [3.63, 3.8) is 0 Å². The van der Waals surface area contributed by atoms with Crippen LogP contribution >= 0.6 is 11.6 Å². The average molecular weight is 242 g/mol. The lowest BCUT2D eigenvalue weighted by molar-refractivity contribution is -0.0235. The van der Waals surface area contributed by atoms with Gasteiger partial charge in [-0.15, -0.1) is 10.2 Å². The largest absolute Gasteiger partial charge is 0.390 e. The van der Waals surface area contributed by atoms with Gasteiger partial charge in [0, 0.05) is 6.04 Å². The minimum atomic E-state index is -0.527. The van der Waals surface area contributed by atoms with Crippen LogP contribution in [0.4, 0.5) is 5.82 Å². The number of hydrogen-bond donors (Lipinski definition) is 2. The van der Waals surface area contributed by atoms with Gasteiger partial charge in [0.05, 0.1) is 5.60 Å². The van der Waals surface area contributed by atoms with Crippen molar-refractivity contribution in [1.29, 1.82) is 0 Å². The van der Waals surface area contributed by atoms with Crippen LogP contribution in [-0.2, 0) is 0 Å². The Morgan fingerprint density at radius 1 is 1.31 bits per heavy atom. The zero-order valence-electron chi connectivity index (χ0n) is 9.71. The van der Waals surface area contributed by atoms with Crippen molar-refractivity contribution in [1.82, 2.24) is 10.2 Å². The van der Waals surface area contributed by atoms with Crippen LogP contribution in [0.3, 0.4) is 0 Å². The molecule has 0 spiro atoms. The van der Waals surface area contributed by atoms with E-state index in [1.807, 2.05) is 20.8 Å². The molecular weight excluding hydrogens is 226 g/mol. The quantitative estimate of drug-likeness (QED) is 0.832. The van der Waals surface area contributed by atoms with E-state index in [9.17, 15) is 5.11 Å². The smallest absolute Gasteiger partial charge is 0.155 e. The molecule has 0 bridgehead atoms. The first-order valence-electron chi connectivity index (χ1n) is 5.37. The van der Waals surface area contributed by atoms with E-state index in [4.69, 9.17) is 11.6 Å². The summed E-state index contributed by atoms with van der Waals surface area (Å²) in [5, 5.41) is 21.3. The molecule has 0 saturated heterocycles. The summed E-state index contributed by atoms with van der Waals surface area (Å²) in [4.78, 5) is 0. The molecule has 0 unspecified atom stereocenters. The molecule has 0 aliphatic heterocycles. The Morgan fingerprint density at radius 3 is 2.50 bits per heavy atom. The van der Waals surface area contributed by atoms with Gasteiger partial charge in [-0.3, -0.25) is 0 Å². The Morgan fingerprint density at radius 2 is 1.94 bits per heavy atom. The van der Waals surface area contributed by atoms with E-state index >= 15 is 0 Å². The fraction of sp³-hybridized carbons (Fsp3) is 0.636. The van der Waals surface area contributed by atoms with Gasteiger partial charge >= 0.3 is 0 Å². The zero-order chi connectivity index (χ0) is 11.9. The molecule has 0 amide bonds. The molecule has 1 fully saturated rings. The average Bonchev–Trinajstić information content (AvgIpc) is 2.16. The van der Waals surface area contributed by atoms with Crippen molar-refractivity contribution in [2.45, 2.75) is 45.3 Å². The topological polar surface area (TPSA) is 58.0 Å². The van der Waals surface area contributed by atoms with Crippen LogP contribution in [-0.4, -0.2) is 26.9 Å². The third-order valence-electron chi connectivity index (χ3n) is 3.18. The highest BCUT2D eigenvalue weighted by Gasteiger charge is 2.38. The van der Waals surface area contributed by atoms with Crippen LogP contribution in [0, 0.1) is 13.8 Å². The van der Waals surface area contributed by atoms with Gasteiger partial charge in [0.2, 0.25) is 0 Å². The number of aliphatic hydroxyl groups is 1. The molecule has 4 nitrogen and oxygen atoms in total. The highest BCUT2D eigenvalue weighted by Crippen LogP contribution is 2.34. The molecule has 2 N–H and O–H groups in total. The molecule has 5 heteroatoms. The molecule has 0 atom stereocenters. The maximum Gasteiger partial charge on any atom is 0.155 e. The SMILES string of the molecule is Cc1c(Cl)nnc(NC2CC(C)(O)C2)c1C. The first kappa shape index (κ1) is 11.6. The normalized spacial score (nSPS) is 28.7. The standard InChI is InChI=1S/C11H16ClN3O/c1-6-7(2)10(15-14-9(6)12)13-8-4-11(3,16)5-8/h8,16H,4-5H2,1-3H3,(H,13,15). The fourth-order valence-electron chi connectivity index (χ4n) is 2.01. The van der Waals surface area contributed by atoms with E-state index < -0.39 is 5.60 Å². The van der Waals surface area contributed by atoms with E-state index in [-0.39, 0.29) is 6.04 Å². The lowest BCUT2D eigenvalue weighted by Crippen LogP contribution is -2.48. The third kappa shape index (κ3) is 2.13. The van der Waals surface area contributed by atoms with E-state index in [1.54, 1.807) is 0 Å². The summed E-state index contributed by atoms with van der Waals surface area (Å²) < 4.78 is 0. The van der Waals surface area contributed by atoms with Crippen LogP contribution in [0.2, 0.25) is 5.15 Å². The summed E-state index contributed by atoms with van der Waals surface area (Å²) in [6.07, 6.45) is 1.49. The molecule has 1 aliphatic rings. The van der Waals surface area contributed by atoms with E-state index in [1.165, 1.54) is 0 Å². The van der Waals surface area contributed by atoms with Crippen molar-refractivity contribution in [2.24, 2.45) is 0 Å². The molecule has 1 aliphatic carbocycles. The maximum atomic E-state index is 9.63. The molecule has 1 saturated carbocycles. The van der Waals surface area contributed by atoms with Gasteiger partial charge in [-0.1, -0.05) is 11.6 Å². The number of anilines is 1. The molecule has 1 aromatic rings. The van der Waals surface area contributed by atoms with Crippen LogP contribution in [0.25, 0.3) is 0 Å². The second kappa shape index (κ2) is 3.86. The Balaban J connectivity index is 2.09. The minimum absolute atomic E-state index is 0.281. The van der Waals surface area contributed by atoms with Crippen molar-refractivity contribution < 1.29 is 5.11 Å². The molecule has 88 valence electrons. The van der Waals surface area contributed by atoms with Gasteiger partial charge < -0.3 is 10.4 Å². The maximum absolute atomic E-state index is 9.63. The van der Waals surface area contributed by atoms with Crippen molar-refractivity contribution in [3.8, 4) is 0 Å². The summed E-state index contributed by atoms with van der Waals surface area (Å²) in [6, 6.07) is 0.281. The number of halogens is 1. The van der Waals surface area contributed by atoms with Crippen LogP contribution < -0.4 is 5.32 Å². The second-order valence-corrected chi connectivity index (χ2v) is 5.19. The Kier molecular flexibility index (Phi) is 2.80. The van der Waals surface area contributed by atoms with Crippen LogP contribution in [0.5, 0.6) is 0 Å². The van der Waals surface area contributed by atoms with Gasteiger partial charge in [-0.25, -0.2) is 0 Å². The number of aromatic nitrogens is 2. The Hall–Kier alpha value is -0.870. The number of nitrogens with zero attached hydrogens (tertiary/aromatic N) is 2. The number of rotatable bonds is 2. The summed E-state index contributed by atoms with van der Waals surface area (Å²) in [5.41, 5.74) is 1.44. The minimum Gasteiger partial charge on any atom is -0.390 e. The summed E-state index contributed by atoms with van der Waals surface area (Å²) in [5.74, 6) is 0.766. The van der Waals surface area contributed by atoms with Crippen LogP contribution in [0.15, 0.2) is 0 Å². The third-order valence-corrected chi connectivity index (χ3v) is 3.54. The monoisotopic (exact) mass is 241 g/mol. The van der Waals surface area contributed by atoms with Gasteiger partial charge in [-0.2, -0.15) is 0 Å². The van der Waals surface area contributed by atoms with Gasteiger partial charge in [0.1, 0.15) is 0 Å². The molecule has 2 rings (SSSR count). The lowest BCUT2D eigenvalue weighted by atomic mass is 9.77. The molecule has 0 aromatic carbocycles. The van der Waals surface area contributed by atoms with E-state index in [2.05, 4.69) is 15.5 Å². The van der Waals surface area contributed by atoms with Crippen LogP contribution in [0.1, 0.15) is 30.9 Å². The molecular formula is C11H16ClN3O. The molecule has 0 radical (unpaired) electrons. The predicted molar refractivity (Wildman–Crippen MR) is 63.8 cm³/mol. The summed E-state index contributed by atoms with van der Waals surface area (Å²) in [6.45, 7) is 5.74. The fourth-order valence-corrected chi connectivity index (χ4v) is 2.19. The van der Waals surface area contributed by atoms with Crippen molar-refractivity contribution >= 4 is 17.4 Å². The zero-order valence-corrected chi connectivity index (χ0v) is 10.5. The summed E-state index contributed by atoms with van der Waals surface area (Å²) >= 11 is 5.87. The van der Waals surface area contributed by atoms with Gasteiger partial charge in [0.25, 0.3) is 0 Å². The highest BCUT2D eigenvalue weighted by molar-refractivity contribution is 6.30. The highest BCUT2D eigenvalue weighted by atomic mass is 35.5. The number of nitrogens with one attached hydrogen (secondary N) is 1. The van der Waals surface area contributed by atoms with Gasteiger partial charge in [0.15, 0.2) is 11.0 Å². The predicted octanol–water partition coefficient (Wildman–Crippen LogP) is 2.07. The van der Waals surface area contributed by atoms with Crippen molar-refractivity contribution in [3.05, 3.63) is 16.3 Å². The lowest BCUT2D eigenvalue weighted by Gasteiger charge is -2.41.